The third kappa shape index (κ3) is 5.70. The zero-order valence-electron chi connectivity index (χ0n) is 17.6. The quantitative estimate of drug-likeness (QED) is 0.547. The second-order valence-electron chi connectivity index (χ2n) is 7.95. The molecule has 1 atom stereocenters. The van der Waals surface area contributed by atoms with Gasteiger partial charge in [-0.3, -0.25) is 9.69 Å². The topological polar surface area (TPSA) is 41.6 Å². The van der Waals surface area contributed by atoms with E-state index < -0.39 is 0 Å². The first-order valence-corrected chi connectivity index (χ1v) is 10.6. The van der Waals surface area contributed by atoms with Crippen LogP contribution in [0.4, 0.5) is 4.39 Å². The van der Waals surface area contributed by atoms with Crippen LogP contribution in [0.25, 0.3) is 0 Å². The van der Waals surface area contributed by atoms with E-state index >= 15 is 0 Å². The number of methoxy groups -OCH3 is 1. The highest BCUT2D eigenvalue weighted by Crippen LogP contribution is 2.29. The molecule has 3 aromatic carbocycles. The summed E-state index contributed by atoms with van der Waals surface area (Å²) in [5.41, 5.74) is 3.03. The van der Waals surface area contributed by atoms with Gasteiger partial charge in [0.15, 0.2) is 0 Å². The Morgan fingerprint density at radius 1 is 1.00 bits per heavy atom. The van der Waals surface area contributed by atoms with Crippen molar-refractivity contribution in [2.75, 3.05) is 13.7 Å². The second kappa shape index (κ2) is 9.75. The Labute approximate surface area is 182 Å². The molecule has 0 unspecified atom stereocenters. The molecule has 0 bridgehead atoms. The minimum absolute atomic E-state index is 0.0290. The summed E-state index contributed by atoms with van der Waals surface area (Å²) in [5, 5.41) is 3.21. The van der Waals surface area contributed by atoms with Gasteiger partial charge in [-0.25, -0.2) is 4.39 Å². The van der Waals surface area contributed by atoms with Crippen LogP contribution in [0.2, 0.25) is 0 Å². The Morgan fingerprint density at radius 3 is 2.26 bits per heavy atom. The largest absolute Gasteiger partial charge is 0.497 e. The molecular formula is C26H27FN2O2. The van der Waals surface area contributed by atoms with E-state index in [0.29, 0.717) is 19.1 Å². The van der Waals surface area contributed by atoms with E-state index in [1.807, 2.05) is 54.6 Å². The summed E-state index contributed by atoms with van der Waals surface area (Å²) in [4.78, 5) is 15.3. The first-order chi connectivity index (χ1) is 15.1. The van der Waals surface area contributed by atoms with Gasteiger partial charge in [-0.1, -0.05) is 54.6 Å². The number of rotatable bonds is 9. The van der Waals surface area contributed by atoms with Crippen LogP contribution in [0, 0.1) is 5.82 Å². The molecule has 1 amide bonds. The maximum absolute atomic E-state index is 13.2. The summed E-state index contributed by atoms with van der Waals surface area (Å²) in [6, 6.07) is 24.4. The van der Waals surface area contributed by atoms with Crippen LogP contribution < -0.4 is 10.1 Å². The predicted octanol–water partition coefficient (Wildman–Crippen LogP) is 4.70. The molecule has 3 aromatic rings. The van der Waals surface area contributed by atoms with Crippen molar-refractivity contribution in [1.29, 1.82) is 0 Å². The lowest BCUT2D eigenvalue weighted by Crippen LogP contribution is -2.40. The number of carbonyl (C=O) groups excluding carboxylic acids is 1. The zero-order valence-corrected chi connectivity index (χ0v) is 17.6. The van der Waals surface area contributed by atoms with Crippen molar-refractivity contribution in [1.82, 2.24) is 10.2 Å². The van der Waals surface area contributed by atoms with E-state index in [-0.39, 0.29) is 17.8 Å². The Balaban J connectivity index is 1.48. The Hall–Kier alpha value is -3.18. The third-order valence-corrected chi connectivity index (χ3v) is 5.60. The number of amides is 1. The Morgan fingerprint density at radius 2 is 1.65 bits per heavy atom. The van der Waals surface area contributed by atoms with Gasteiger partial charge >= 0.3 is 0 Å². The van der Waals surface area contributed by atoms with Gasteiger partial charge in [0.25, 0.3) is 0 Å². The number of halogens is 1. The lowest BCUT2D eigenvalue weighted by atomic mass is 9.98. The van der Waals surface area contributed by atoms with Gasteiger partial charge in [-0.15, -0.1) is 0 Å². The lowest BCUT2D eigenvalue weighted by molar-refractivity contribution is -0.123. The minimum atomic E-state index is -0.246. The van der Waals surface area contributed by atoms with Crippen molar-refractivity contribution in [3.63, 3.8) is 0 Å². The number of nitrogens with one attached hydrogen (secondary N) is 1. The molecule has 0 spiro atoms. The fraction of sp³-hybridized carbons (Fsp3) is 0.269. The predicted molar refractivity (Wildman–Crippen MR) is 119 cm³/mol. The molecular weight excluding hydrogens is 391 g/mol. The molecule has 1 aliphatic carbocycles. The van der Waals surface area contributed by atoms with Crippen molar-refractivity contribution in [2.24, 2.45) is 0 Å². The number of ether oxygens (including phenoxy) is 1. The van der Waals surface area contributed by atoms with Crippen molar-refractivity contribution in [3.05, 3.63) is 101 Å². The summed E-state index contributed by atoms with van der Waals surface area (Å²) in [6.07, 6.45) is 2.18. The van der Waals surface area contributed by atoms with Gasteiger partial charge in [-0.05, 0) is 53.8 Å². The first kappa shape index (κ1) is 21.1. The molecule has 4 nitrogen and oxygen atoms in total. The molecule has 1 saturated carbocycles. The number of hydrogen-bond donors (Lipinski definition) is 1. The van der Waals surface area contributed by atoms with E-state index in [9.17, 15) is 9.18 Å². The SMILES string of the molecule is COc1ccc([C@H](NC(=O)CN(Cc2ccc(F)cc2)C2CC2)c2ccccc2)cc1. The minimum Gasteiger partial charge on any atom is -0.497 e. The average molecular weight is 419 g/mol. The molecule has 0 radical (unpaired) electrons. The van der Waals surface area contributed by atoms with E-state index in [0.717, 1.165) is 35.3 Å². The van der Waals surface area contributed by atoms with Crippen LogP contribution in [0.1, 0.15) is 35.6 Å². The van der Waals surface area contributed by atoms with Crippen molar-refractivity contribution in [2.45, 2.75) is 31.5 Å². The normalized spacial score (nSPS) is 14.3. The molecule has 4 rings (SSSR count). The highest BCUT2D eigenvalue weighted by Gasteiger charge is 2.31. The van der Waals surface area contributed by atoms with E-state index in [4.69, 9.17) is 4.74 Å². The molecule has 31 heavy (non-hydrogen) atoms. The zero-order chi connectivity index (χ0) is 21.6. The van der Waals surface area contributed by atoms with E-state index in [1.165, 1.54) is 12.1 Å². The number of nitrogens with zero attached hydrogens (tertiary/aromatic N) is 1. The van der Waals surface area contributed by atoms with Crippen LogP contribution in [0.15, 0.2) is 78.9 Å². The summed E-state index contributed by atoms with van der Waals surface area (Å²) < 4.78 is 18.5. The summed E-state index contributed by atoms with van der Waals surface area (Å²) in [5.74, 6) is 0.504. The van der Waals surface area contributed by atoms with Crippen molar-refractivity contribution < 1.29 is 13.9 Å². The number of benzene rings is 3. The first-order valence-electron chi connectivity index (χ1n) is 10.6. The van der Waals surface area contributed by atoms with Gasteiger partial charge in [0.2, 0.25) is 5.91 Å². The standard InChI is InChI=1S/C26H27FN2O2/c1-31-24-15-9-21(10-16-24)26(20-5-3-2-4-6-20)28-25(30)18-29(23-13-14-23)17-19-7-11-22(27)12-8-19/h2-12,15-16,23,26H,13-14,17-18H2,1H3,(H,28,30)/t26-/m1/s1. The molecule has 5 heteroatoms. The summed E-state index contributed by atoms with van der Waals surface area (Å²) in [7, 11) is 1.64. The summed E-state index contributed by atoms with van der Waals surface area (Å²) in [6.45, 7) is 0.943. The molecule has 1 N–H and O–H groups in total. The van der Waals surface area contributed by atoms with Crippen molar-refractivity contribution >= 4 is 5.91 Å². The number of hydrogen-bond acceptors (Lipinski definition) is 3. The van der Waals surface area contributed by atoms with Gasteiger partial charge in [-0.2, -0.15) is 0 Å². The van der Waals surface area contributed by atoms with Gasteiger partial charge in [0.1, 0.15) is 11.6 Å². The van der Waals surface area contributed by atoms with Crippen LogP contribution >= 0.6 is 0 Å². The maximum atomic E-state index is 13.2. The van der Waals surface area contributed by atoms with E-state index in [2.05, 4.69) is 10.2 Å². The van der Waals surface area contributed by atoms with Crippen LogP contribution in [-0.2, 0) is 11.3 Å². The molecule has 1 aliphatic rings. The Bertz CT molecular complexity index is 986. The molecule has 0 aromatic heterocycles. The second-order valence-corrected chi connectivity index (χ2v) is 7.95. The molecule has 160 valence electrons. The fourth-order valence-corrected chi connectivity index (χ4v) is 3.77. The highest BCUT2D eigenvalue weighted by molar-refractivity contribution is 5.79. The highest BCUT2D eigenvalue weighted by atomic mass is 19.1. The average Bonchev–Trinajstić information content (AvgIpc) is 3.65. The maximum Gasteiger partial charge on any atom is 0.234 e. The monoisotopic (exact) mass is 418 g/mol. The lowest BCUT2D eigenvalue weighted by Gasteiger charge is -2.25. The van der Waals surface area contributed by atoms with Gasteiger partial charge in [0.05, 0.1) is 19.7 Å². The Kier molecular flexibility index (Phi) is 6.63. The number of carbonyl (C=O) groups is 1. The van der Waals surface area contributed by atoms with Gasteiger partial charge in [0, 0.05) is 12.6 Å². The van der Waals surface area contributed by atoms with Gasteiger partial charge < -0.3 is 10.1 Å². The third-order valence-electron chi connectivity index (χ3n) is 5.60. The molecule has 0 saturated heterocycles. The van der Waals surface area contributed by atoms with Crippen LogP contribution in [0.5, 0.6) is 5.75 Å². The van der Waals surface area contributed by atoms with E-state index in [1.54, 1.807) is 19.2 Å². The van der Waals surface area contributed by atoms with Crippen LogP contribution in [-0.4, -0.2) is 30.5 Å². The molecule has 0 aliphatic heterocycles. The van der Waals surface area contributed by atoms with Crippen molar-refractivity contribution in [3.8, 4) is 5.75 Å². The summed E-state index contributed by atoms with van der Waals surface area (Å²) >= 11 is 0. The smallest absolute Gasteiger partial charge is 0.234 e. The fourth-order valence-electron chi connectivity index (χ4n) is 3.77. The van der Waals surface area contributed by atoms with Crippen LogP contribution in [0.3, 0.4) is 0 Å². The molecule has 1 fully saturated rings. The molecule has 0 heterocycles.